The lowest BCUT2D eigenvalue weighted by molar-refractivity contribution is -0.155. The van der Waals surface area contributed by atoms with Crippen molar-refractivity contribution >= 4 is 20.4 Å². The first-order valence-electron chi connectivity index (χ1n) is 8.33. The Hall–Kier alpha value is -1.08. The van der Waals surface area contributed by atoms with Crippen molar-refractivity contribution in [2.24, 2.45) is 0 Å². The van der Waals surface area contributed by atoms with Crippen LogP contribution < -0.4 is 5.32 Å². The van der Waals surface area contributed by atoms with Gasteiger partial charge in [-0.15, -0.1) is 0 Å². The zero-order valence-electron chi connectivity index (χ0n) is 16.9. The van der Waals surface area contributed by atoms with Crippen molar-refractivity contribution in [3.8, 4) is 0 Å². The molecule has 0 bridgehead atoms. The smallest absolute Gasteiger partial charge is 0.407 e. The number of hydrogen-bond acceptors (Lipinski definition) is 5. The summed E-state index contributed by atoms with van der Waals surface area (Å²) in [4.78, 5) is 23.8. The molecule has 2 atom stereocenters. The standard InChI is InChI=1S/C17H35NO5Si/c1-12(23-24(9,10)17(5,6)7)13(18-15(20)21-8)11-14(19)22-16(2,3)4/h12-13H,11H2,1-10H3,(H,18,20)/t12-,13-/m1/s1. The SMILES string of the molecule is COC(=O)N[C@H](CC(=O)OC(C)(C)C)[C@@H](C)O[Si](C)(C)C(C)(C)C. The van der Waals surface area contributed by atoms with Gasteiger partial charge in [0, 0.05) is 0 Å². The molecule has 0 aliphatic carbocycles. The molecule has 1 amide bonds. The molecule has 0 radical (unpaired) electrons. The number of hydrogen-bond donors (Lipinski definition) is 1. The van der Waals surface area contributed by atoms with Crippen LogP contribution in [0.3, 0.4) is 0 Å². The van der Waals surface area contributed by atoms with Gasteiger partial charge < -0.3 is 19.2 Å². The fourth-order valence-electron chi connectivity index (χ4n) is 1.83. The Kier molecular flexibility index (Phi) is 7.96. The van der Waals surface area contributed by atoms with Crippen molar-refractivity contribution in [2.75, 3.05) is 7.11 Å². The van der Waals surface area contributed by atoms with Crippen LogP contribution in [0.15, 0.2) is 0 Å². The molecule has 0 aromatic rings. The fraction of sp³-hybridized carbons (Fsp3) is 0.882. The second-order valence-corrected chi connectivity index (χ2v) is 13.4. The molecular weight excluding hydrogens is 326 g/mol. The highest BCUT2D eigenvalue weighted by Gasteiger charge is 2.40. The van der Waals surface area contributed by atoms with E-state index >= 15 is 0 Å². The van der Waals surface area contributed by atoms with Crippen molar-refractivity contribution in [2.45, 2.75) is 90.8 Å². The topological polar surface area (TPSA) is 73.9 Å². The van der Waals surface area contributed by atoms with Gasteiger partial charge in [-0.1, -0.05) is 20.8 Å². The lowest BCUT2D eigenvalue weighted by Crippen LogP contribution is -2.51. The number of methoxy groups -OCH3 is 1. The summed E-state index contributed by atoms with van der Waals surface area (Å²) in [5.41, 5.74) is -0.573. The van der Waals surface area contributed by atoms with E-state index in [1.165, 1.54) is 7.11 Å². The Balaban J connectivity index is 5.12. The molecule has 0 aromatic heterocycles. The summed E-state index contributed by atoms with van der Waals surface area (Å²) in [5.74, 6) is -0.380. The monoisotopic (exact) mass is 361 g/mol. The van der Waals surface area contributed by atoms with Crippen molar-refractivity contribution in [3.63, 3.8) is 0 Å². The molecule has 0 unspecified atom stereocenters. The highest BCUT2D eigenvalue weighted by Crippen LogP contribution is 2.37. The minimum Gasteiger partial charge on any atom is -0.460 e. The van der Waals surface area contributed by atoms with Crippen LogP contribution in [0.1, 0.15) is 54.9 Å². The number of rotatable bonds is 6. The number of carbonyl (C=O) groups excluding carboxylic acids is 2. The molecule has 24 heavy (non-hydrogen) atoms. The summed E-state index contributed by atoms with van der Waals surface area (Å²) in [6.07, 6.45) is -0.894. The Morgan fingerprint density at radius 3 is 1.96 bits per heavy atom. The number of alkyl carbamates (subject to hydrolysis) is 1. The Bertz CT molecular complexity index is 437. The predicted octanol–water partition coefficient (Wildman–Crippen LogP) is 3.85. The zero-order valence-corrected chi connectivity index (χ0v) is 17.9. The van der Waals surface area contributed by atoms with Gasteiger partial charge in [0.25, 0.3) is 0 Å². The molecule has 0 aromatic carbocycles. The summed E-state index contributed by atoms with van der Waals surface area (Å²) >= 11 is 0. The average molecular weight is 362 g/mol. The third-order valence-electron chi connectivity index (χ3n) is 4.15. The summed E-state index contributed by atoms with van der Waals surface area (Å²) in [6.45, 7) is 18.0. The van der Waals surface area contributed by atoms with Crippen LogP contribution in [0.2, 0.25) is 18.1 Å². The minimum atomic E-state index is -2.03. The third-order valence-corrected chi connectivity index (χ3v) is 8.72. The number of ether oxygens (including phenoxy) is 2. The number of esters is 1. The van der Waals surface area contributed by atoms with E-state index in [1.54, 1.807) is 0 Å². The lowest BCUT2D eigenvalue weighted by atomic mass is 10.1. The van der Waals surface area contributed by atoms with Crippen LogP contribution in [0.5, 0.6) is 0 Å². The van der Waals surface area contributed by atoms with Crippen LogP contribution in [0.25, 0.3) is 0 Å². The van der Waals surface area contributed by atoms with Crippen molar-refractivity contribution in [3.05, 3.63) is 0 Å². The Morgan fingerprint density at radius 1 is 1.08 bits per heavy atom. The van der Waals surface area contributed by atoms with Gasteiger partial charge >= 0.3 is 12.1 Å². The molecule has 0 saturated heterocycles. The molecule has 142 valence electrons. The van der Waals surface area contributed by atoms with Crippen LogP contribution in [0, 0.1) is 0 Å². The maximum atomic E-state index is 12.1. The van der Waals surface area contributed by atoms with Gasteiger partial charge in [-0.2, -0.15) is 0 Å². The maximum Gasteiger partial charge on any atom is 0.407 e. The van der Waals surface area contributed by atoms with E-state index in [-0.39, 0.29) is 23.5 Å². The van der Waals surface area contributed by atoms with Gasteiger partial charge in [0.05, 0.1) is 25.7 Å². The van der Waals surface area contributed by atoms with Gasteiger partial charge in [0.15, 0.2) is 8.32 Å². The second-order valence-electron chi connectivity index (χ2n) is 8.62. The van der Waals surface area contributed by atoms with E-state index in [4.69, 9.17) is 9.16 Å². The molecule has 0 aliphatic heterocycles. The van der Waals surface area contributed by atoms with Gasteiger partial charge in [0.2, 0.25) is 0 Å². The average Bonchev–Trinajstić information content (AvgIpc) is 2.33. The highest BCUT2D eigenvalue weighted by atomic mass is 28.4. The molecule has 7 heteroatoms. The molecule has 0 saturated carbocycles. The highest BCUT2D eigenvalue weighted by molar-refractivity contribution is 6.74. The molecule has 0 fully saturated rings. The lowest BCUT2D eigenvalue weighted by Gasteiger charge is -2.40. The summed E-state index contributed by atoms with van der Waals surface area (Å²) in [7, 11) is -0.743. The van der Waals surface area contributed by atoms with E-state index in [0.29, 0.717) is 0 Å². The van der Waals surface area contributed by atoms with Crippen molar-refractivity contribution in [1.82, 2.24) is 5.32 Å². The maximum absolute atomic E-state index is 12.1. The van der Waals surface area contributed by atoms with Crippen molar-refractivity contribution in [1.29, 1.82) is 0 Å². The molecule has 0 heterocycles. The third kappa shape index (κ3) is 8.15. The molecule has 0 aliphatic rings. The summed E-state index contributed by atoms with van der Waals surface area (Å²) in [6, 6.07) is -0.513. The summed E-state index contributed by atoms with van der Waals surface area (Å²) < 4.78 is 16.3. The minimum absolute atomic E-state index is 0.0299. The number of amides is 1. The van der Waals surface area contributed by atoms with E-state index in [2.05, 4.69) is 43.9 Å². The van der Waals surface area contributed by atoms with Gasteiger partial charge in [-0.05, 0) is 45.8 Å². The first-order valence-corrected chi connectivity index (χ1v) is 11.2. The van der Waals surface area contributed by atoms with E-state index in [1.807, 2.05) is 27.7 Å². The summed E-state index contributed by atoms with van der Waals surface area (Å²) in [5, 5.41) is 2.72. The van der Waals surface area contributed by atoms with Gasteiger partial charge in [-0.25, -0.2) is 4.79 Å². The normalized spacial score (nSPS) is 15.4. The quantitative estimate of drug-likeness (QED) is 0.574. The first kappa shape index (κ1) is 22.9. The fourth-order valence-corrected chi connectivity index (χ4v) is 3.28. The predicted molar refractivity (Wildman–Crippen MR) is 97.5 cm³/mol. The van der Waals surface area contributed by atoms with Crippen molar-refractivity contribution < 1.29 is 23.5 Å². The van der Waals surface area contributed by atoms with Crippen LogP contribution >= 0.6 is 0 Å². The van der Waals surface area contributed by atoms with Gasteiger partial charge in [-0.3, -0.25) is 4.79 Å². The Labute approximate surface area is 147 Å². The van der Waals surface area contributed by atoms with E-state index in [9.17, 15) is 9.59 Å². The van der Waals surface area contributed by atoms with E-state index < -0.39 is 26.1 Å². The number of nitrogens with one attached hydrogen (secondary N) is 1. The van der Waals surface area contributed by atoms with Gasteiger partial charge in [0.1, 0.15) is 5.60 Å². The number of carbonyl (C=O) groups is 2. The largest absolute Gasteiger partial charge is 0.460 e. The second kappa shape index (κ2) is 8.34. The molecular formula is C17H35NO5Si. The Morgan fingerprint density at radius 2 is 1.58 bits per heavy atom. The van der Waals surface area contributed by atoms with E-state index in [0.717, 1.165) is 0 Å². The first-order chi connectivity index (χ1) is 10.6. The molecule has 1 N–H and O–H groups in total. The van der Waals surface area contributed by atoms with Crippen LogP contribution in [-0.2, 0) is 18.7 Å². The van der Waals surface area contributed by atoms with Crippen LogP contribution in [0.4, 0.5) is 4.79 Å². The molecule has 0 spiro atoms. The van der Waals surface area contributed by atoms with Crippen LogP contribution in [-0.4, -0.2) is 45.2 Å². The molecule has 6 nitrogen and oxygen atoms in total. The molecule has 0 rings (SSSR count). The zero-order chi connectivity index (χ0) is 19.3.